The summed E-state index contributed by atoms with van der Waals surface area (Å²) in [6.07, 6.45) is 50.7. The molecule has 0 rings (SSSR count). The molecule has 19 heteroatoms. The van der Waals surface area contributed by atoms with Crippen molar-refractivity contribution in [1.82, 2.24) is 0 Å². The zero-order valence-electron chi connectivity index (χ0n) is 59.5. The van der Waals surface area contributed by atoms with Crippen LogP contribution in [0.4, 0.5) is 0 Å². The molecular formula is C73H138O17P2. The van der Waals surface area contributed by atoms with Crippen molar-refractivity contribution in [2.75, 3.05) is 39.6 Å². The number of carbonyl (C=O) groups excluding carboxylic acids is 4. The molecule has 0 aromatic rings. The van der Waals surface area contributed by atoms with Crippen LogP contribution in [-0.4, -0.2) is 96.7 Å². The summed E-state index contributed by atoms with van der Waals surface area (Å²) in [6, 6.07) is 0. The molecule has 542 valence electrons. The van der Waals surface area contributed by atoms with Gasteiger partial charge in [0.15, 0.2) is 12.2 Å². The molecule has 3 N–H and O–H groups in total. The molecular weight excluding hydrogens is 1210 g/mol. The van der Waals surface area contributed by atoms with Gasteiger partial charge in [-0.05, 0) is 69.1 Å². The fraction of sp³-hybridized carbons (Fsp3) is 0.890. The SMILES string of the molecule is CCCCCC/C=C\C=C/CCCCCCCC(=O)O[C@H](COC(=O)CCCCCCCCCCCCC(C)CC)COP(=O)(O)OCC(O)COP(=O)(O)OC[C@@H](COC(=O)CCCCCCCCCC(C)C)OC(=O)CCCCCCCCCCCCC(C)C. The van der Waals surface area contributed by atoms with Gasteiger partial charge in [0.2, 0.25) is 0 Å². The van der Waals surface area contributed by atoms with Gasteiger partial charge in [0.05, 0.1) is 26.4 Å². The number of phosphoric acid groups is 2. The average molecular weight is 1350 g/mol. The van der Waals surface area contributed by atoms with E-state index >= 15 is 0 Å². The normalized spacial score (nSPS) is 14.6. The van der Waals surface area contributed by atoms with E-state index in [0.717, 1.165) is 121 Å². The highest BCUT2D eigenvalue weighted by Crippen LogP contribution is 2.45. The summed E-state index contributed by atoms with van der Waals surface area (Å²) in [6.45, 7) is 11.8. The van der Waals surface area contributed by atoms with E-state index in [-0.39, 0.29) is 25.7 Å². The molecule has 0 amide bonds. The van der Waals surface area contributed by atoms with E-state index in [2.05, 4.69) is 72.8 Å². The quantitative estimate of drug-likeness (QED) is 0.0169. The minimum atomic E-state index is -4.96. The molecule has 0 aromatic carbocycles. The lowest BCUT2D eigenvalue weighted by Gasteiger charge is -2.21. The number of unbranched alkanes of at least 4 members (excludes halogenated alkanes) is 33. The number of rotatable bonds is 69. The van der Waals surface area contributed by atoms with Gasteiger partial charge in [0.25, 0.3) is 0 Å². The molecule has 0 aliphatic rings. The first-order valence-electron chi connectivity index (χ1n) is 37.2. The Bertz CT molecular complexity index is 1900. The summed E-state index contributed by atoms with van der Waals surface area (Å²) in [5.74, 6) is 0.107. The van der Waals surface area contributed by atoms with E-state index in [0.29, 0.717) is 31.6 Å². The number of aliphatic hydroxyl groups excluding tert-OH is 1. The third kappa shape index (κ3) is 64.9. The minimum Gasteiger partial charge on any atom is -0.462 e. The van der Waals surface area contributed by atoms with Crippen LogP contribution in [-0.2, 0) is 65.4 Å². The van der Waals surface area contributed by atoms with Gasteiger partial charge in [-0.15, -0.1) is 0 Å². The second-order valence-corrected chi connectivity index (χ2v) is 29.7. The number of allylic oxidation sites excluding steroid dienone is 4. The first-order valence-corrected chi connectivity index (χ1v) is 40.2. The molecule has 4 unspecified atom stereocenters. The number of esters is 4. The third-order valence-electron chi connectivity index (χ3n) is 16.6. The molecule has 0 saturated carbocycles. The molecule has 6 atom stereocenters. The number of phosphoric ester groups is 2. The van der Waals surface area contributed by atoms with Crippen LogP contribution in [0.25, 0.3) is 0 Å². The van der Waals surface area contributed by atoms with Gasteiger partial charge in [-0.3, -0.25) is 37.3 Å². The summed E-state index contributed by atoms with van der Waals surface area (Å²) in [5, 5.41) is 10.6. The predicted octanol–water partition coefficient (Wildman–Crippen LogP) is 20.6. The lowest BCUT2D eigenvalue weighted by molar-refractivity contribution is -0.161. The van der Waals surface area contributed by atoms with Gasteiger partial charge in [-0.25, -0.2) is 9.13 Å². The van der Waals surface area contributed by atoms with Crippen molar-refractivity contribution in [3.63, 3.8) is 0 Å². The van der Waals surface area contributed by atoms with Crippen LogP contribution in [0.15, 0.2) is 24.3 Å². The smallest absolute Gasteiger partial charge is 0.462 e. The first kappa shape index (κ1) is 89.5. The number of hydrogen-bond acceptors (Lipinski definition) is 15. The Balaban J connectivity index is 5.30. The van der Waals surface area contributed by atoms with E-state index in [1.807, 2.05) is 0 Å². The zero-order chi connectivity index (χ0) is 68.0. The highest BCUT2D eigenvalue weighted by atomic mass is 31.2. The molecule has 0 aliphatic carbocycles. The average Bonchev–Trinajstić information content (AvgIpc) is 3.27. The van der Waals surface area contributed by atoms with Crippen molar-refractivity contribution in [2.45, 2.75) is 362 Å². The first-order chi connectivity index (χ1) is 44.3. The number of carbonyl (C=O) groups is 4. The van der Waals surface area contributed by atoms with Crippen LogP contribution in [0.3, 0.4) is 0 Å². The molecule has 0 aliphatic heterocycles. The maximum atomic E-state index is 13.0. The molecule has 0 aromatic heterocycles. The maximum absolute atomic E-state index is 13.0. The largest absolute Gasteiger partial charge is 0.472 e. The van der Waals surface area contributed by atoms with Crippen molar-refractivity contribution in [1.29, 1.82) is 0 Å². The molecule has 0 radical (unpaired) electrons. The van der Waals surface area contributed by atoms with Crippen LogP contribution >= 0.6 is 15.6 Å². The lowest BCUT2D eigenvalue weighted by Crippen LogP contribution is -2.30. The number of ether oxygens (including phenoxy) is 4. The van der Waals surface area contributed by atoms with Crippen LogP contribution in [0.2, 0.25) is 0 Å². The number of hydrogen-bond donors (Lipinski definition) is 3. The fourth-order valence-electron chi connectivity index (χ4n) is 10.5. The van der Waals surface area contributed by atoms with Gasteiger partial charge in [-0.2, -0.15) is 0 Å². The predicted molar refractivity (Wildman–Crippen MR) is 372 cm³/mol. The van der Waals surface area contributed by atoms with E-state index in [9.17, 15) is 43.2 Å². The van der Waals surface area contributed by atoms with E-state index < -0.39 is 97.5 Å². The molecule has 0 saturated heterocycles. The summed E-state index contributed by atoms with van der Waals surface area (Å²) in [4.78, 5) is 72.6. The van der Waals surface area contributed by atoms with Crippen molar-refractivity contribution in [2.24, 2.45) is 17.8 Å². The second-order valence-electron chi connectivity index (χ2n) is 26.8. The van der Waals surface area contributed by atoms with Gasteiger partial charge < -0.3 is 33.8 Å². The Kier molecular flexibility index (Phi) is 61.6. The molecule has 0 spiro atoms. The van der Waals surface area contributed by atoms with Crippen molar-refractivity contribution in [3.05, 3.63) is 24.3 Å². The van der Waals surface area contributed by atoms with Gasteiger partial charge in [0, 0.05) is 25.7 Å². The summed E-state index contributed by atoms with van der Waals surface area (Å²) in [7, 11) is -9.92. The topological polar surface area (TPSA) is 237 Å². The summed E-state index contributed by atoms with van der Waals surface area (Å²) < 4.78 is 68.3. The maximum Gasteiger partial charge on any atom is 0.472 e. The van der Waals surface area contributed by atoms with E-state index in [1.165, 1.54) is 135 Å². The van der Waals surface area contributed by atoms with Crippen molar-refractivity contribution >= 4 is 39.5 Å². The van der Waals surface area contributed by atoms with Crippen LogP contribution in [0, 0.1) is 17.8 Å². The van der Waals surface area contributed by atoms with Crippen LogP contribution in [0.5, 0.6) is 0 Å². The Labute approximate surface area is 561 Å². The Morgan fingerprint density at radius 2 is 0.641 bits per heavy atom. The minimum absolute atomic E-state index is 0.0844. The summed E-state index contributed by atoms with van der Waals surface area (Å²) in [5.41, 5.74) is 0. The molecule has 17 nitrogen and oxygen atoms in total. The van der Waals surface area contributed by atoms with Crippen molar-refractivity contribution in [3.8, 4) is 0 Å². The van der Waals surface area contributed by atoms with E-state index in [4.69, 9.17) is 37.0 Å². The lowest BCUT2D eigenvalue weighted by atomic mass is 9.99. The van der Waals surface area contributed by atoms with Crippen LogP contribution in [0.1, 0.15) is 344 Å². The van der Waals surface area contributed by atoms with Gasteiger partial charge >= 0.3 is 39.5 Å². The molecule has 0 heterocycles. The standard InChI is InChI=1S/C73H138O17P2/c1-8-10-11-12-13-14-15-16-17-18-19-27-34-42-49-56-72(77)89-68(60-83-70(75)54-47-40-33-26-23-21-25-32-39-46-53-66(7)9-2)62-87-91(79,80)85-58-67(74)59-86-92(81,82)88-63-69(61-84-71(76)55-48-41-36-29-31-38-45-52-65(5)6)90-73(78)57-50-43-35-28-22-20-24-30-37-44-51-64(3)4/h14-17,64-69,74H,8-13,18-63H2,1-7H3,(H,79,80)(H,81,82)/b15-14-,17-16-/t66?,67?,68-,69-/m1/s1. The fourth-order valence-corrected chi connectivity index (χ4v) is 12.1. The Morgan fingerprint density at radius 3 is 0.967 bits per heavy atom. The van der Waals surface area contributed by atoms with Crippen molar-refractivity contribution < 1.29 is 80.2 Å². The second kappa shape index (κ2) is 63.3. The van der Waals surface area contributed by atoms with E-state index in [1.54, 1.807) is 0 Å². The van der Waals surface area contributed by atoms with Gasteiger partial charge in [-0.1, -0.05) is 291 Å². The highest BCUT2D eigenvalue weighted by Gasteiger charge is 2.30. The monoisotopic (exact) mass is 1350 g/mol. The molecule has 92 heavy (non-hydrogen) atoms. The molecule has 0 bridgehead atoms. The van der Waals surface area contributed by atoms with Crippen LogP contribution < -0.4 is 0 Å². The zero-order valence-corrected chi connectivity index (χ0v) is 61.3. The molecule has 0 fully saturated rings. The highest BCUT2D eigenvalue weighted by molar-refractivity contribution is 7.47. The Morgan fingerprint density at radius 1 is 0.359 bits per heavy atom. The summed E-state index contributed by atoms with van der Waals surface area (Å²) >= 11 is 0. The number of aliphatic hydroxyl groups is 1. The van der Waals surface area contributed by atoms with Gasteiger partial charge in [0.1, 0.15) is 19.3 Å². The third-order valence-corrected chi connectivity index (χ3v) is 18.5. The Hall–Kier alpha value is -2.46.